The summed E-state index contributed by atoms with van der Waals surface area (Å²) in [7, 11) is 0. The molecule has 0 saturated heterocycles. The molecule has 0 aliphatic carbocycles. The normalized spacial score (nSPS) is 11.1. The van der Waals surface area contributed by atoms with Crippen molar-refractivity contribution < 1.29 is 4.39 Å². The predicted octanol–water partition coefficient (Wildman–Crippen LogP) is 3.85. The number of rotatable bonds is 3. The van der Waals surface area contributed by atoms with Crippen molar-refractivity contribution in [2.75, 3.05) is 0 Å². The number of nitrogens with zero attached hydrogens (tertiary/aromatic N) is 1. The van der Waals surface area contributed by atoms with Crippen LogP contribution in [0.2, 0.25) is 0 Å². The minimum atomic E-state index is -0.307. The summed E-state index contributed by atoms with van der Waals surface area (Å²) in [4.78, 5) is 19.0. The molecule has 0 amide bonds. The number of nitrogens with one attached hydrogen (secondary N) is 1. The highest BCUT2D eigenvalue weighted by atomic mass is 79.9. The van der Waals surface area contributed by atoms with Gasteiger partial charge in [-0.25, -0.2) is 9.37 Å². The fraction of sp³-hybridized carbons (Fsp3) is 0.333. The Morgan fingerprint density at radius 3 is 2.70 bits per heavy atom. The molecule has 0 radical (unpaired) electrons. The second kappa shape index (κ2) is 5.87. The first-order valence-corrected chi connectivity index (χ1v) is 7.23. The lowest BCUT2D eigenvalue weighted by molar-refractivity contribution is 0.618. The third-order valence-electron chi connectivity index (χ3n) is 2.98. The maximum absolute atomic E-state index is 13.6. The summed E-state index contributed by atoms with van der Waals surface area (Å²) in [6, 6.07) is 4.82. The molecular weight excluding hydrogens is 323 g/mol. The molecule has 0 aliphatic rings. The Kier molecular flexibility index (Phi) is 4.38. The molecule has 3 nitrogen and oxygen atoms in total. The van der Waals surface area contributed by atoms with Gasteiger partial charge in [0.25, 0.3) is 5.56 Å². The highest BCUT2D eigenvalue weighted by Gasteiger charge is 2.12. The fourth-order valence-electron chi connectivity index (χ4n) is 1.90. The summed E-state index contributed by atoms with van der Waals surface area (Å²) in [5.41, 5.74) is 1.59. The van der Waals surface area contributed by atoms with Crippen molar-refractivity contribution in [1.29, 1.82) is 0 Å². The van der Waals surface area contributed by atoms with Gasteiger partial charge in [-0.1, -0.05) is 26.0 Å². The highest BCUT2D eigenvalue weighted by molar-refractivity contribution is 9.10. The smallest absolute Gasteiger partial charge is 0.265 e. The van der Waals surface area contributed by atoms with E-state index in [1.807, 2.05) is 0 Å². The summed E-state index contributed by atoms with van der Waals surface area (Å²) in [6.45, 7) is 5.81. The topological polar surface area (TPSA) is 45.8 Å². The first-order valence-electron chi connectivity index (χ1n) is 6.43. The Morgan fingerprint density at radius 2 is 2.10 bits per heavy atom. The molecule has 5 heteroatoms. The Balaban J connectivity index is 2.54. The van der Waals surface area contributed by atoms with Gasteiger partial charge < -0.3 is 4.98 Å². The molecule has 0 aliphatic heterocycles. The van der Waals surface area contributed by atoms with Crippen LogP contribution in [0.25, 0.3) is 11.4 Å². The van der Waals surface area contributed by atoms with E-state index >= 15 is 0 Å². The van der Waals surface area contributed by atoms with E-state index in [9.17, 15) is 9.18 Å². The maximum Gasteiger partial charge on any atom is 0.265 e. The van der Waals surface area contributed by atoms with E-state index in [1.165, 1.54) is 6.07 Å². The minimum Gasteiger partial charge on any atom is -0.306 e. The van der Waals surface area contributed by atoms with Crippen molar-refractivity contribution in [1.82, 2.24) is 9.97 Å². The Morgan fingerprint density at radius 1 is 1.40 bits per heavy atom. The average Bonchev–Trinajstić information content (AvgIpc) is 2.37. The van der Waals surface area contributed by atoms with E-state index in [1.54, 1.807) is 19.1 Å². The van der Waals surface area contributed by atoms with Gasteiger partial charge in [0, 0.05) is 5.56 Å². The molecule has 20 heavy (non-hydrogen) atoms. The van der Waals surface area contributed by atoms with E-state index < -0.39 is 0 Å². The fourth-order valence-corrected chi connectivity index (χ4v) is 2.25. The summed E-state index contributed by atoms with van der Waals surface area (Å²) in [5, 5.41) is 0. The van der Waals surface area contributed by atoms with Crippen LogP contribution in [0.4, 0.5) is 4.39 Å². The maximum atomic E-state index is 13.6. The van der Waals surface area contributed by atoms with E-state index in [0.717, 1.165) is 0 Å². The number of aromatic amines is 1. The van der Waals surface area contributed by atoms with Crippen molar-refractivity contribution in [3.8, 4) is 11.4 Å². The van der Waals surface area contributed by atoms with Crippen LogP contribution in [0.3, 0.4) is 0 Å². The molecule has 1 heterocycles. The molecule has 106 valence electrons. The second-order valence-electron chi connectivity index (χ2n) is 5.24. The first-order chi connectivity index (χ1) is 9.38. The van der Waals surface area contributed by atoms with Gasteiger partial charge in [-0.2, -0.15) is 0 Å². The summed E-state index contributed by atoms with van der Waals surface area (Å²) in [6.07, 6.45) is 0.686. The van der Waals surface area contributed by atoms with Crippen LogP contribution in [-0.2, 0) is 6.42 Å². The van der Waals surface area contributed by atoms with E-state index in [4.69, 9.17) is 0 Å². The molecule has 1 aromatic heterocycles. The van der Waals surface area contributed by atoms with Crippen LogP contribution in [0, 0.1) is 18.7 Å². The number of aryl methyl sites for hydroxylation is 1. The van der Waals surface area contributed by atoms with Crippen molar-refractivity contribution in [3.05, 3.63) is 50.1 Å². The van der Waals surface area contributed by atoms with Gasteiger partial charge in [0.05, 0.1) is 5.69 Å². The molecule has 0 spiro atoms. The van der Waals surface area contributed by atoms with E-state index in [0.29, 0.717) is 39.5 Å². The molecule has 1 aromatic carbocycles. The molecule has 0 bridgehead atoms. The van der Waals surface area contributed by atoms with Crippen molar-refractivity contribution >= 4 is 15.9 Å². The van der Waals surface area contributed by atoms with Crippen LogP contribution in [0.15, 0.2) is 27.5 Å². The molecule has 0 atom stereocenters. The number of halogens is 2. The van der Waals surface area contributed by atoms with Crippen LogP contribution in [0.1, 0.15) is 25.1 Å². The largest absolute Gasteiger partial charge is 0.306 e. The second-order valence-corrected chi connectivity index (χ2v) is 6.03. The van der Waals surface area contributed by atoms with Gasteiger partial charge in [-0.05, 0) is 46.8 Å². The number of H-pyrrole nitrogens is 1. The Labute approximate surface area is 125 Å². The molecule has 0 fully saturated rings. The highest BCUT2D eigenvalue weighted by Crippen LogP contribution is 2.21. The Hall–Kier alpha value is -1.49. The molecule has 2 aromatic rings. The van der Waals surface area contributed by atoms with Gasteiger partial charge in [-0.3, -0.25) is 4.79 Å². The lowest BCUT2D eigenvalue weighted by atomic mass is 10.1. The van der Waals surface area contributed by atoms with Crippen LogP contribution in [-0.4, -0.2) is 9.97 Å². The SMILES string of the molecule is Cc1ccc(-c2nc(CC(C)C)c(Br)c(=O)[nH]2)cc1F. The third-order valence-corrected chi connectivity index (χ3v) is 3.80. The number of hydrogen-bond acceptors (Lipinski definition) is 2. The zero-order chi connectivity index (χ0) is 14.9. The van der Waals surface area contributed by atoms with E-state index in [-0.39, 0.29) is 11.4 Å². The number of benzene rings is 1. The summed E-state index contributed by atoms with van der Waals surface area (Å²) >= 11 is 3.26. The summed E-state index contributed by atoms with van der Waals surface area (Å²) in [5.74, 6) is 0.467. The molecule has 0 saturated carbocycles. The molecule has 2 rings (SSSR count). The van der Waals surface area contributed by atoms with Gasteiger partial charge in [0.15, 0.2) is 0 Å². The van der Waals surface area contributed by atoms with Gasteiger partial charge in [-0.15, -0.1) is 0 Å². The standard InChI is InChI=1S/C15H16BrFN2O/c1-8(2)6-12-13(16)15(20)19-14(18-12)10-5-4-9(3)11(17)7-10/h4-5,7-8H,6H2,1-3H3,(H,18,19,20). The predicted molar refractivity (Wildman–Crippen MR) is 81.2 cm³/mol. The van der Waals surface area contributed by atoms with Gasteiger partial charge >= 0.3 is 0 Å². The molecule has 0 unspecified atom stereocenters. The van der Waals surface area contributed by atoms with Gasteiger partial charge in [0.2, 0.25) is 0 Å². The number of aromatic nitrogens is 2. The first kappa shape index (κ1) is 14.9. The lowest BCUT2D eigenvalue weighted by Gasteiger charge is -2.09. The Bertz CT molecular complexity index is 695. The van der Waals surface area contributed by atoms with Crippen molar-refractivity contribution in [2.24, 2.45) is 5.92 Å². The van der Waals surface area contributed by atoms with Crippen molar-refractivity contribution in [3.63, 3.8) is 0 Å². The zero-order valence-corrected chi connectivity index (χ0v) is 13.2. The summed E-state index contributed by atoms with van der Waals surface area (Å²) < 4.78 is 14.1. The van der Waals surface area contributed by atoms with Gasteiger partial charge in [0.1, 0.15) is 16.1 Å². The average molecular weight is 339 g/mol. The third kappa shape index (κ3) is 3.15. The van der Waals surface area contributed by atoms with Crippen molar-refractivity contribution in [2.45, 2.75) is 27.2 Å². The van der Waals surface area contributed by atoms with E-state index in [2.05, 4.69) is 39.7 Å². The molecular formula is C15H16BrFN2O. The van der Waals surface area contributed by atoms with Crippen LogP contribution >= 0.6 is 15.9 Å². The van der Waals surface area contributed by atoms with Crippen LogP contribution < -0.4 is 5.56 Å². The zero-order valence-electron chi connectivity index (χ0n) is 11.6. The minimum absolute atomic E-state index is 0.244. The number of hydrogen-bond donors (Lipinski definition) is 1. The monoisotopic (exact) mass is 338 g/mol. The lowest BCUT2D eigenvalue weighted by Crippen LogP contribution is -2.15. The quantitative estimate of drug-likeness (QED) is 0.923. The van der Waals surface area contributed by atoms with Crippen LogP contribution in [0.5, 0.6) is 0 Å². The molecule has 1 N–H and O–H groups in total.